The largest absolute Gasteiger partial charge is 0.496 e. The van der Waals surface area contributed by atoms with Gasteiger partial charge < -0.3 is 20.3 Å². The van der Waals surface area contributed by atoms with Crippen molar-refractivity contribution in [1.29, 1.82) is 0 Å². The molecular weight excluding hydrogens is 354 g/mol. The van der Waals surface area contributed by atoms with Crippen molar-refractivity contribution in [2.75, 3.05) is 31.4 Å². The molecule has 0 aliphatic rings. The summed E-state index contributed by atoms with van der Waals surface area (Å²) in [5.74, 6) is 1.01. The molecule has 2 N–H and O–H groups in total. The van der Waals surface area contributed by atoms with Crippen LogP contribution in [-0.4, -0.2) is 37.1 Å². The Balaban J connectivity index is 1.59. The normalized spacial score (nSPS) is 10.2. The zero-order valence-corrected chi connectivity index (χ0v) is 16.1. The molecule has 28 heavy (non-hydrogen) atoms. The lowest BCUT2D eigenvalue weighted by molar-refractivity contribution is 0.0945. The Morgan fingerprint density at radius 1 is 1.04 bits per heavy atom. The number of nitrogens with one attached hydrogen (secondary N) is 2. The molecule has 0 atom stereocenters. The van der Waals surface area contributed by atoms with E-state index in [2.05, 4.69) is 20.6 Å². The van der Waals surface area contributed by atoms with Gasteiger partial charge in [-0.15, -0.1) is 0 Å². The summed E-state index contributed by atoms with van der Waals surface area (Å²) in [6.45, 7) is 0.350. The molecular formula is C21H23N5O2. The summed E-state index contributed by atoms with van der Waals surface area (Å²) in [5.41, 5.74) is 3.15. The highest BCUT2D eigenvalue weighted by Gasteiger charge is 2.10. The standard InChI is InChI=1S/C21H23N5O2/c1-26(2)17-10-8-16(9-11-17)25-20-14-22-18(13-23-20)21(27)24-12-15-6-4-5-7-19(15)28-3/h4-11,13-14H,12H2,1-3H3,(H,23,25)(H,24,27). The maximum Gasteiger partial charge on any atom is 0.271 e. The van der Waals surface area contributed by atoms with E-state index in [-0.39, 0.29) is 11.6 Å². The predicted octanol–water partition coefficient (Wildman–Crippen LogP) is 3.22. The van der Waals surface area contributed by atoms with E-state index in [0.717, 1.165) is 22.7 Å². The van der Waals surface area contributed by atoms with Gasteiger partial charge in [0, 0.05) is 37.6 Å². The van der Waals surface area contributed by atoms with Crippen LogP contribution in [-0.2, 0) is 6.54 Å². The molecule has 7 nitrogen and oxygen atoms in total. The second-order valence-corrected chi connectivity index (χ2v) is 6.35. The van der Waals surface area contributed by atoms with Gasteiger partial charge in [-0.2, -0.15) is 0 Å². The van der Waals surface area contributed by atoms with Crippen LogP contribution in [0.4, 0.5) is 17.2 Å². The van der Waals surface area contributed by atoms with E-state index in [1.807, 2.05) is 67.5 Å². The van der Waals surface area contributed by atoms with E-state index >= 15 is 0 Å². The quantitative estimate of drug-likeness (QED) is 0.658. The van der Waals surface area contributed by atoms with Gasteiger partial charge in [-0.25, -0.2) is 9.97 Å². The molecule has 144 valence electrons. The molecule has 1 heterocycles. The minimum Gasteiger partial charge on any atom is -0.496 e. The van der Waals surface area contributed by atoms with E-state index in [1.54, 1.807) is 7.11 Å². The molecule has 1 aromatic heterocycles. The summed E-state index contributed by atoms with van der Waals surface area (Å²) in [7, 11) is 5.59. The van der Waals surface area contributed by atoms with Crippen molar-refractivity contribution >= 4 is 23.1 Å². The molecule has 3 rings (SSSR count). The Bertz CT molecular complexity index is 924. The van der Waals surface area contributed by atoms with Gasteiger partial charge in [-0.3, -0.25) is 4.79 Å². The third-order valence-corrected chi connectivity index (χ3v) is 4.17. The number of nitrogens with zero attached hydrogens (tertiary/aromatic N) is 3. The van der Waals surface area contributed by atoms with Crippen LogP contribution in [0.15, 0.2) is 60.9 Å². The number of rotatable bonds is 7. The van der Waals surface area contributed by atoms with E-state index in [9.17, 15) is 4.79 Å². The lowest BCUT2D eigenvalue weighted by Gasteiger charge is -2.13. The van der Waals surface area contributed by atoms with Crippen molar-refractivity contribution in [3.8, 4) is 5.75 Å². The summed E-state index contributed by atoms with van der Waals surface area (Å²) in [6, 6.07) is 15.5. The van der Waals surface area contributed by atoms with Crippen LogP contribution in [0.1, 0.15) is 16.1 Å². The first-order chi connectivity index (χ1) is 13.6. The summed E-state index contributed by atoms with van der Waals surface area (Å²) in [4.78, 5) is 22.8. The number of aromatic nitrogens is 2. The molecule has 0 aliphatic heterocycles. The molecule has 1 amide bonds. The Kier molecular flexibility index (Phi) is 6.06. The maximum absolute atomic E-state index is 12.3. The second kappa shape index (κ2) is 8.85. The highest BCUT2D eigenvalue weighted by Crippen LogP contribution is 2.19. The van der Waals surface area contributed by atoms with E-state index in [1.165, 1.54) is 12.4 Å². The minimum atomic E-state index is -0.291. The number of anilines is 3. The lowest BCUT2D eigenvalue weighted by atomic mass is 10.2. The second-order valence-electron chi connectivity index (χ2n) is 6.35. The Morgan fingerprint density at radius 2 is 1.79 bits per heavy atom. The lowest BCUT2D eigenvalue weighted by Crippen LogP contribution is -2.24. The monoisotopic (exact) mass is 377 g/mol. The Hall–Kier alpha value is -3.61. The molecule has 0 fully saturated rings. The zero-order chi connectivity index (χ0) is 19.9. The average molecular weight is 377 g/mol. The number of hydrogen-bond donors (Lipinski definition) is 2. The van der Waals surface area contributed by atoms with Crippen LogP contribution in [0.2, 0.25) is 0 Å². The van der Waals surface area contributed by atoms with Crippen LogP contribution in [0.3, 0.4) is 0 Å². The fraction of sp³-hybridized carbons (Fsp3) is 0.190. The minimum absolute atomic E-state index is 0.253. The number of benzene rings is 2. The van der Waals surface area contributed by atoms with Gasteiger partial charge in [0.1, 0.15) is 17.3 Å². The van der Waals surface area contributed by atoms with Gasteiger partial charge >= 0.3 is 0 Å². The molecule has 3 aromatic rings. The van der Waals surface area contributed by atoms with Crippen LogP contribution in [0, 0.1) is 0 Å². The molecule has 0 saturated heterocycles. The van der Waals surface area contributed by atoms with E-state index in [0.29, 0.717) is 12.4 Å². The summed E-state index contributed by atoms with van der Waals surface area (Å²) in [6.07, 6.45) is 2.99. The summed E-state index contributed by atoms with van der Waals surface area (Å²) < 4.78 is 5.29. The fourth-order valence-electron chi connectivity index (χ4n) is 2.62. The topological polar surface area (TPSA) is 79.4 Å². The number of hydrogen-bond acceptors (Lipinski definition) is 6. The van der Waals surface area contributed by atoms with Crippen molar-refractivity contribution in [3.63, 3.8) is 0 Å². The van der Waals surface area contributed by atoms with Crippen LogP contribution >= 0.6 is 0 Å². The van der Waals surface area contributed by atoms with Crippen molar-refractivity contribution in [2.24, 2.45) is 0 Å². The molecule has 7 heteroatoms. The third-order valence-electron chi connectivity index (χ3n) is 4.17. The Morgan fingerprint density at radius 3 is 2.43 bits per heavy atom. The Labute approximate surface area is 164 Å². The van der Waals surface area contributed by atoms with E-state index in [4.69, 9.17) is 4.74 Å². The predicted molar refractivity (Wildman–Crippen MR) is 110 cm³/mol. The fourth-order valence-corrected chi connectivity index (χ4v) is 2.62. The van der Waals surface area contributed by atoms with Gasteiger partial charge in [-0.1, -0.05) is 18.2 Å². The van der Waals surface area contributed by atoms with Gasteiger partial charge in [0.05, 0.1) is 19.5 Å². The summed E-state index contributed by atoms with van der Waals surface area (Å²) >= 11 is 0. The summed E-state index contributed by atoms with van der Waals surface area (Å²) in [5, 5.41) is 6.00. The van der Waals surface area contributed by atoms with Gasteiger partial charge in [0.25, 0.3) is 5.91 Å². The highest BCUT2D eigenvalue weighted by atomic mass is 16.5. The SMILES string of the molecule is COc1ccccc1CNC(=O)c1cnc(Nc2ccc(N(C)C)cc2)cn1. The molecule has 0 bridgehead atoms. The van der Waals surface area contributed by atoms with Gasteiger partial charge in [-0.05, 0) is 30.3 Å². The van der Waals surface area contributed by atoms with Crippen molar-refractivity contribution < 1.29 is 9.53 Å². The van der Waals surface area contributed by atoms with E-state index < -0.39 is 0 Å². The number of amides is 1. The maximum atomic E-state index is 12.3. The molecule has 0 unspecified atom stereocenters. The van der Waals surface area contributed by atoms with Crippen LogP contribution in [0.5, 0.6) is 5.75 Å². The molecule has 0 radical (unpaired) electrons. The number of methoxy groups -OCH3 is 1. The van der Waals surface area contributed by atoms with Gasteiger partial charge in [0.15, 0.2) is 0 Å². The van der Waals surface area contributed by atoms with Gasteiger partial charge in [0.2, 0.25) is 0 Å². The number of carbonyl (C=O) groups is 1. The molecule has 0 spiro atoms. The number of carbonyl (C=O) groups excluding carboxylic acids is 1. The molecule has 2 aromatic carbocycles. The first-order valence-corrected chi connectivity index (χ1v) is 8.83. The van der Waals surface area contributed by atoms with Crippen molar-refractivity contribution in [1.82, 2.24) is 15.3 Å². The third kappa shape index (κ3) is 4.76. The first kappa shape index (κ1) is 19.2. The average Bonchev–Trinajstić information content (AvgIpc) is 2.73. The molecule has 0 aliphatic carbocycles. The van der Waals surface area contributed by atoms with Crippen LogP contribution < -0.4 is 20.3 Å². The number of para-hydroxylation sites is 1. The van der Waals surface area contributed by atoms with Crippen molar-refractivity contribution in [2.45, 2.75) is 6.54 Å². The molecule has 0 saturated carbocycles. The zero-order valence-electron chi connectivity index (χ0n) is 16.1. The smallest absolute Gasteiger partial charge is 0.271 e. The van der Waals surface area contributed by atoms with Crippen molar-refractivity contribution in [3.05, 3.63) is 72.2 Å². The number of ether oxygens (including phenoxy) is 1. The highest BCUT2D eigenvalue weighted by molar-refractivity contribution is 5.92. The first-order valence-electron chi connectivity index (χ1n) is 8.83. The van der Waals surface area contributed by atoms with Crippen LogP contribution in [0.25, 0.3) is 0 Å².